The number of pyridine rings is 2. The SMILES string of the molecule is CCn1c(-c2ccc(-c3nnc(-c4ccc(N(c5ccccc5)c5ccccc5)cc4)o3)cc2)nc2c3cccnc3c3ncccc3c21. The van der Waals surface area contributed by atoms with Crippen LogP contribution in [0.3, 0.4) is 0 Å². The van der Waals surface area contributed by atoms with E-state index in [9.17, 15) is 0 Å². The van der Waals surface area contributed by atoms with E-state index in [1.165, 1.54) is 0 Å². The van der Waals surface area contributed by atoms with Crippen molar-refractivity contribution in [2.24, 2.45) is 0 Å². The molecule has 4 heterocycles. The number of imidazole rings is 1. The molecule has 0 spiro atoms. The lowest BCUT2D eigenvalue weighted by atomic mass is 10.1. The van der Waals surface area contributed by atoms with Crippen molar-refractivity contribution in [3.63, 3.8) is 0 Å². The van der Waals surface area contributed by atoms with Gasteiger partial charge in [-0.1, -0.05) is 48.5 Å². The summed E-state index contributed by atoms with van der Waals surface area (Å²) in [6.45, 7) is 2.89. The van der Waals surface area contributed by atoms with E-state index in [1.807, 2.05) is 85.2 Å². The summed E-state index contributed by atoms with van der Waals surface area (Å²) in [5, 5.41) is 10.8. The van der Waals surface area contributed by atoms with Crippen LogP contribution in [0.15, 0.2) is 150 Å². The number of nitrogens with zero attached hydrogens (tertiary/aromatic N) is 7. The summed E-state index contributed by atoms with van der Waals surface area (Å²) >= 11 is 0. The Morgan fingerprint density at radius 1 is 0.531 bits per heavy atom. The summed E-state index contributed by atoms with van der Waals surface area (Å²) in [7, 11) is 0. The predicted molar refractivity (Wildman–Crippen MR) is 195 cm³/mol. The standard InChI is InChI=1S/C41H29N7O/c1-2-47-38-34-16-10-26-43-36(34)35-33(15-9-25-42-35)37(38)44-39(47)27-17-19-28(20-18-27)40-45-46-41(49-40)29-21-23-32(24-22-29)48(30-11-5-3-6-12-30)31-13-7-4-8-14-31/h3-26H,2H2,1H3. The van der Waals surface area contributed by atoms with Gasteiger partial charge >= 0.3 is 0 Å². The van der Waals surface area contributed by atoms with Crippen LogP contribution in [0.1, 0.15) is 6.92 Å². The molecule has 9 rings (SSSR count). The van der Waals surface area contributed by atoms with E-state index in [0.717, 1.165) is 79.0 Å². The first-order valence-corrected chi connectivity index (χ1v) is 16.2. The van der Waals surface area contributed by atoms with Crippen molar-refractivity contribution >= 4 is 49.9 Å². The van der Waals surface area contributed by atoms with Crippen molar-refractivity contribution in [3.8, 4) is 34.3 Å². The van der Waals surface area contributed by atoms with E-state index in [0.29, 0.717) is 11.8 Å². The van der Waals surface area contributed by atoms with Crippen molar-refractivity contribution in [2.75, 3.05) is 4.90 Å². The lowest BCUT2D eigenvalue weighted by Gasteiger charge is -2.25. The number of hydrogen-bond donors (Lipinski definition) is 0. The molecule has 0 atom stereocenters. The van der Waals surface area contributed by atoms with Crippen molar-refractivity contribution in [3.05, 3.63) is 146 Å². The maximum atomic E-state index is 6.19. The zero-order valence-electron chi connectivity index (χ0n) is 26.6. The molecule has 0 aliphatic rings. The molecule has 4 aromatic heterocycles. The number of anilines is 3. The van der Waals surface area contributed by atoms with Crippen LogP contribution in [-0.4, -0.2) is 29.7 Å². The summed E-state index contributed by atoms with van der Waals surface area (Å²) < 4.78 is 8.45. The fourth-order valence-electron chi connectivity index (χ4n) is 6.58. The van der Waals surface area contributed by atoms with Gasteiger partial charge in [-0.25, -0.2) is 4.98 Å². The molecule has 5 aromatic carbocycles. The highest BCUT2D eigenvalue weighted by Crippen LogP contribution is 2.37. The summed E-state index contributed by atoms with van der Waals surface area (Å²) in [5.74, 6) is 1.81. The molecule has 8 nitrogen and oxygen atoms in total. The number of benzene rings is 5. The summed E-state index contributed by atoms with van der Waals surface area (Å²) in [6, 6.07) is 45.1. The fourth-order valence-corrected chi connectivity index (χ4v) is 6.58. The van der Waals surface area contributed by atoms with Gasteiger partial charge in [0.25, 0.3) is 0 Å². The molecule has 49 heavy (non-hydrogen) atoms. The minimum atomic E-state index is 0.457. The number of para-hydroxylation sites is 2. The highest BCUT2D eigenvalue weighted by atomic mass is 16.4. The minimum absolute atomic E-state index is 0.457. The minimum Gasteiger partial charge on any atom is -0.416 e. The Bertz CT molecular complexity index is 2540. The van der Waals surface area contributed by atoms with E-state index in [-0.39, 0.29) is 0 Å². The average Bonchev–Trinajstić information content (AvgIpc) is 3.83. The number of fused-ring (bicyclic) bond motifs is 6. The molecule has 0 unspecified atom stereocenters. The maximum Gasteiger partial charge on any atom is 0.248 e. The molecule has 0 saturated carbocycles. The molecule has 9 aromatic rings. The van der Waals surface area contributed by atoms with Crippen LogP contribution >= 0.6 is 0 Å². The smallest absolute Gasteiger partial charge is 0.248 e. The van der Waals surface area contributed by atoms with E-state index in [2.05, 4.69) is 92.2 Å². The van der Waals surface area contributed by atoms with E-state index >= 15 is 0 Å². The molecule has 8 heteroatoms. The van der Waals surface area contributed by atoms with Gasteiger partial charge in [0.05, 0.1) is 22.1 Å². The van der Waals surface area contributed by atoms with Crippen LogP contribution in [0.25, 0.3) is 67.1 Å². The van der Waals surface area contributed by atoms with Crippen molar-refractivity contribution in [1.82, 2.24) is 29.7 Å². The van der Waals surface area contributed by atoms with Crippen LogP contribution in [0, 0.1) is 0 Å². The van der Waals surface area contributed by atoms with Gasteiger partial charge in [-0.05, 0) is 91.9 Å². The van der Waals surface area contributed by atoms with Gasteiger partial charge < -0.3 is 13.9 Å². The molecular formula is C41H29N7O. The van der Waals surface area contributed by atoms with Crippen molar-refractivity contribution in [2.45, 2.75) is 13.5 Å². The van der Waals surface area contributed by atoms with Gasteiger partial charge in [-0.3, -0.25) is 9.97 Å². The lowest BCUT2D eigenvalue weighted by Crippen LogP contribution is -2.09. The van der Waals surface area contributed by atoms with Crippen LogP contribution in [0.4, 0.5) is 17.1 Å². The van der Waals surface area contributed by atoms with Gasteiger partial charge in [0, 0.05) is 63.5 Å². The topological polar surface area (TPSA) is 85.8 Å². The van der Waals surface area contributed by atoms with Crippen molar-refractivity contribution in [1.29, 1.82) is 0 Å². The van der Waals surface area contributed by atoms with E-state index in [1.54, 1.807) is 0 Å². The maximum absolute atomic E-state index is 6.19. The Labute approximate surface area is 282 Å². The van der Waals surface area contributed by atoms with Gasteiger partial charge in [-0.2, -0.15) is 0 Å². The molecule has 0 N–H and O–H groups in total. The Kier molecular flexibility index (Phi) is 6.90. The number of aromatic nitrogens is 6. The second-order valence-corrected chi connectivity index (χ2v) is 11.7. The zero-order chi connectivity index (χ0) is 32.7. The van der Waals surface area contributed by atoms with Gasteiger partial charge in [0.15, 0.2) is 0 Å². The summed E-state index contributed by atoms with van der Waals surface area (Å²) in [4.78, 5) is 16.8. The van der Waals surface area contributed by atoms with Gasteiger partial charge in [0.1, 0.15) is 5.82 Å². The molecule has 0 saturated heterocycles. The predicted octanol–water partition coefficient (Wildman–Crippen LogP) is 10.0. The Balaban J connectivity index is 1.03. The third-order valence-electron chi connectivity index (χ3n) is 8.85. The Morgan fingerprint density at radius 2 is 1.04 bits per heavy atom. The molecule has 234 valence electrons. The molecular weight excluding hydrogens is 606 g/mol. The first-order valence-electron chi connectivity index (χ1n) is 16.2. The lowest BCUT2D eigenvalue weighted by molar-refractivity contribution is 0.584. The molecule has 0 fully saturated rings. The molecule has 0 amide bonds. The van der Waals surface area contributed by atoms with Crippen LogP contribution in [0.2, 0.25) is 0 Å². The zero-order valence-corrected chi connectivity index (χ0v) is 26.6. The second-order valence-electron chi connectivity index (χ2n) is 11.7. The number of hydrogen-bond acceptors (Lipinski definition) is 7. The molecule has 0 bridgehead atoms. The largest absolute Gasteiger partial charge is 0.416 e. The first kappa shape index (κ1) is 28.5. The summed E-state index contributed by atoms with van der Waals surface area (Å²) in [6.07, 6.45) is 3.63. The van der Waals surface area contributed by atoms with E-state index in [4.69, 9.17) is 14.4 Å². The normalized spacial score (nSPS) is 11.4. The van der Waals surface area contributed by atoms with Gasteiger partial charge in [-0.15, -0.1) is 10.2 Å². The monoisotopic (exact) mass is 635 g/mol. The third-order valence-corrected chi connectivity index (χ3v) is 8.85. The highest BCUT2D eigenvalue weighted by Gasteiger charge is 2.20. The average molecular weight is 636 g/mol. The summed E-state index contributed by atoms with van der Waals surface area (Å²) in [5.41, 5.74) is 9.60. The van der Waals surface area contributed by atoms with Crippen molar-refractivity contribution < 1.29 is 4.42 Å². The Hall–Kier alpha value is -6.67. The third kappa shape index (κ3) is 4.89. The molecule has 0 aliphatic heterocycles. The second kappa shape index (κ2) is 11.8. The van der Waals surface area contributed by atoms with Crippen LogP contribution in [-0.2, 0) is 6.54 Å². The number of rotatable bonds is 7. The van der Waals surface area contributed by atoms with Crippen LogP contribution < -0.4 is 4.90 Å². The van der Waals surface area contributed by atoms with Crippen LogP contribution in [0.5, 0.6) is 0 Å². The van der Waals surface area contributed by atoms with Gasteiger partial charge in [0.2, 0.25) is 11.8 Å². The number of aryl methyl sites for hydroxylation is 1. The molecule has 0 aliphatic carbocycles. The quantitative estimate of drug-likeness (QED) is 0.161. The highest BCUT2D eigenvalue weighted by molar-refractivity contribution is 6.21. The Morgan fingerprint density at radius 3 is 1.63 bits per heavy atom. The first-order chi connectivity index (χ1) is 24.3. The fraction of sp³-hybridized carbons (Fsp3) is 0.0488. The van der Waals surface area contributed by atoms with E-state index < -0.39 is 0 Å². The molecule has 0 radical (unpaired) electrons.